The molecule has 3 fully saturated rings. The summed E-state index contributed by atoms with van der Waals surface area (Å²) in [7, 11) is 0. The third-order valence-corrected chi connectivity index (χ3v) is 6.13. The first-order valence-corrected chi connectivity index (χ1v) is 9.65. The van der Waals surface area contributed by atoms with Gasteiger partial charge in [-0.1, -0.05) is 30.3 Å². The van der Waals surface area contributed by atoms with Crippen molar-refractivity contribution < 1.29 is 9.59 Å². The van der Waals surface area contributed by atoms with Gasteiger partial charge in [-0.3, -0.25) is 19.6 Å². The zero-order valence-corrected chi connectivity index (χ0v) is 15.1. The number of aromatic nitrogens is 2. The highest BCUT2D eigenvalue weighted by atomic mass is 16.2. The van der Waals surface area contributed by atoms with Crippen molar-refractivity contribution in [3.8, 4) is 11.3 Å². The normalized spacial score (nSPS) is 27.0. The van der Waals surface area contributed by atoms with E-state index in [4.69, 9.17) is 0 Å². The average Bonchev–Trinajstić information content (AvgIpc) is 3.32. The minimum Gasteiger partial charge on any atom is -0.330 e. The molecule has 1 aromatic carbocycles. The lowest BCUT2D eigenvalue weighted by Crippen LogP contribution is -2.56. The number of hydrogen-bond donors (Lipinski definition) is 0. The Bertz CT molecular complexity index is 858. The number of hydrogen-bond acceptors (Lipinski definition) is 4. The van der Waals surface area contributed by atoms with Crippen molar-refractivity contribution in [3.63, 3.8) is 0 Å². The number of amides is 2. The third-order valence-electron chi connectivity index (χ3n) is 6.13. The van der Waals surface area contributed by atoms with Crippen molar-refractivity contribution in [1.29, 1.82) is 0 Å². The Balaban J connectivity index is 1.23. The number of carbonyl (C=O) groups excluding carboxylic acids is 2. The van der Waals surface area contributed by atoms with Gasteiger partial charge in [-0.2, -0.15) is 0 Å². The summed E-state index contributed by atoms with van der Waals surface area (Å²) in [4.78, 5) is 37.4. The molecule has 2 aromatic rings. The van der Waals surface area contributed by atoms with Crippen LogP contribution in [0.25, 0.3) is 11.3 Å². The lowest BCUT2D eigenvalue weighted by Gasteiger charge is -2.37. The third kappa shape index (κ3) is 3.09. The minimum atomic E-state index is -0.407. The van der Waals surface area contributed by atoms with Gasteiger partial charge in [0.2, 0.25) is 0 Å². The molecule has 3 aliphatic rings. The van der Waals surface area contributed by atoms with E-state index in [0.717, 1.165) is 35.9 Å². The van der Waals surface area contributed by atoms with E-state index in [1.165, 1.54) is 6.42 Å². The molecule has 0 spiro atoms. The van der Waals surface area contributed by atoms with E-state index >= 15 is 0 Å². The summed E-state index contributed by atoms with van der Waals surface area (Å²) < 4.78 is 0. The first-order valence-electron chi connectivity index (χ1n) is 9.65. The number of carbonyl (C=O) groups is 2. The number of fused-ring (bicyclic) bond motifs is 1. The summed E-state index contributed by atoms with van der Waals surface area (Å²) in [5, 5.41) is 0. The van der Waals surface area contributed by atoms with E-state index < -0.39 is 5.91 Å². The summed E-state index contributed by atoms with van der Waals surface area (Å²) in [6.45, 7) is 1.53. The molecule has 27 heavy (non-hydrogen) atoms. The maximum atomic E-state index is 12.6. The first kappa shape index (κ1) is 16.4. The Hall–Kier alpha value is -2.76. The van der Waals surface area contributed by atoms with Gasteiger partial charge in [-0.05, 0) is 31.1 Å². The van der Waals surface area contributed by atoms with Crippen molar-refractivity contribution >= 4 is 11.8 Å². The topological polar surface area (TPSA) is 66.4 Å². The SMILES string of the molecule is O=C1C(=O)N(C2CC3CC3C2)CCN1Cc1cnc(-c2ccccc2)cn1. The number of rotatable bonds is 4. The molecule has 1 aromatic heterocycles. The van der Waals surface area contributed by atoms with Gasteiger partial charge in [-0.25, -0.2) is 0 Å². The minimum absolute atomic E-state index is 0.275. The fourth-order valence-electron chi connectivity index (χ4n) is 4.52. The maximum Gasteiger partial charge on any atom is 0.312 e. The van der Waals surface area contributed by atoms with Gasteiger partial charge in [0.25, 0.3) is 0 Å². The highest BCUT2D eigenvalue weighted by molar-refractivity contribution is 6.35. The van der Waals surface area contributed by atoms with Crippen LogP contribution in [0.2, 0.25) is 0 Å². The molecule has 2 amide bonds. The molecule has 2 heterocycles. The van der Waals surface area contributed by atoms with Crippen molar-refractivity contribution in [2.75, 3.05) is 13.1 Å². The quantitative estimate of drug-likeness (QED) is 0.782. The molecule has 1 aliphatic heterocycles. The second kappa shape index (κ2) is 6.44. The lowest BCUT2D eigenvalue weighted by atomic mass is 10.1. The number of piperazine rings is 1. The molecule has 6 heteroatoms. The first-order chi connectivity index (χ1) is 13.2. The predicted molar refractivity (Wildman–Crippen MR) is 99.2 cm³/mol. The summed E-state index contributed by atoms with van der Waals surface area (Å²) in [6, 6.07) is 10.1. The molecule has 5 rings (SSSR count). The van der Waals surface area contributed by atoms with Crippen LogP contribution in [0.5, 0.6) is 0 Å². The molecule has 1 saturated heterocycles. The Morgan fingerprint density at radius 1 is 0.889 bits per heavy atom. The van der Waals surface area contributed by atoms with Gasteiger partial charge in [-0.15, -0.1) is 0 Å². The van der Waals surface area contributed by atoms with E-state index in [1.54, 1.807) is 17.3 Å². The van der Waals surface area contributed by atoms with Crippen LogP contribution in [0, 0.1) is 11.8 Å². The summed E-state index contributed by atoms with van der Waals surface area (Å²) in [6.07, 6.45) is 6.89. The molecular formula is C21H22N4O2. The fraction of sp³-hybridized carbons (Fsp3) is 0.429. The second-order valence-corrected chi connectivity index (χ2v) is 7.87. The monoisotopic (exact) mass is 362 g/mol. The highest BCUT2D eigenvalue weighted by Crippen LogP contribution is 2.53. The Morgan fingerprint density at radius 3 is 2.37 bits per heavy atom. The van der Waals surface area contributed by atoms with Gasteiger partial charge in [0.15, 0.2) is 0 Å². The van der Waals surface area contributed by atoms with E-state index in [2.05, 4.69) is 9.97 Å². The number of benzene rings is 1. The van der Waals surface area contributed by atoms with Crippen molar-refractivity contribution in [2.24, 2.45) is 11.8 Å². The molecule has 2 saturated carbocycles. The largest absolute Gasteiger partial charge is 0.330 e. The zero-order valence-electron chi connectivity index (χ0n) is 15.1. The Labute approximate surface area is 158 Å². The Morgan fingerprint density at radius 2 is 1.67 bits per heavy atom. The summed E-state index contributed by atoms with van der Waals surface area (Å²) in [5.41, 5.74) is 2.50. The van der Waals surface area contributed by atoms with E-state index in [1.807, 2.05) is 35.2 Å². The number of nitrogens with zero attached hydrogens (tertiary/aromatic N) is 4. The summed E-state index contributed by atoms with van der Waals surface area (Å²) in [5.74, 6) is 0.848. The maximum absolute atomic E-state index is 12.6. The van der Waals surface area contributed by atoms with Crippen LogP contribution < -0.4 is 0 Å². The predicted octanol–water partition coefficient (Wildman–Crippen LogP) is 2.11. The molecular weight excluding hydrogens is 340 g/mol. The van der Waals surface area contributed by atoms with Crippen LogP contribution in [-0.4, -0.2) is 50.7 Å². The van der Waals surface area contributed by atoms with Gasteiger partial charge < -0.3 is 9.80 Å². The molecule has 6 nitrogen and oxygen atoms in total. The van der Waals surface area contributed by atoms with E-state index in [9.17, 15) is 9.59 Å². The van der Waals surface area contributed by atoms with Crippen LogP contribution in [0.1, 0.15) is 25.0 Å². The van der Waals surface area contributed by atoms with Gasteiger partial charge >= 0.3 is 11.8 Å². The summed E-state index contributed by atoms with van der Waals surface area (Å²) >= 11 is 0. The molecule has 0 radical (unpaired) electrons. The molecule has 0 N–H and O–H groups in total. The molecule has 2 atom stereocenters. The van der Waals surface area contributed by atoms with Crippen LogP contribution in [0.3, 0.4) is 0 Å². The van der Waals surface area contributed by atoms with Crippen molar-refractivity contribution in [1.82, 2.24) is 19.8 Å². The highest BCUT2D eigenvalue weighted by Gasteiger charge is 2.49. The van der Waals surface area contributed by atoms with Gasteiger partial charge in [0.05, 0.1) is 30.3 Å². The van der Waals surface area contributed by atoms with E-state index in [-0.39, 0.29) is 11.9 Å². The molecule has 2 aliphatic carbocycles. The van der Waals surface area contributed by atoms with E-state index in [0.29, 0.717) is 25.3 Å². The van der Waals surface area contributed by atoms with Crippen molar-refractivity contribution in [2.45, 2.75) is 31.8 Å². The fourth-order valence-corrected chi connectivity index (χ4v) is 4.52. The van der Waals surface area contributed by atoms with Gasteiger partial charge in [0, 0.05) is 24.7 Å². The standard InChI is InChI=1S/C21H22N4O2/c26-20-21(27)25(18-9-15-8-16(15)10-18)7-6-24(20)13-17-11-23-19(12-22-17)14-4-2-1-3-5-14/h1-5,11-12,15-16,18H,6-10,13H2. The second-order valence-electron chi connectivity index (χ2n) is 7.87. The smallest absolute Gasteiger partial charge is 0.312 e. The van der Waals surface area contributed by atoms with Crippen LogP contribution >= 0.6 is 0 Å². The zero-order chi connectivity index (χ0) is 18.4. The van der Waals surface area contributed by atoms with Gasteiger partial charge in [0.1, 0.15) is 0 Å². The average molecular weight is 362 g/mol. The van der Waals surface area contributed by atoms with Crippen molar-refractivity contribution in [3.05, 3.63) is 48.4 Å². The Kier molecular flexibility index (Phi) is 3.92. The van der Waals surface area contributed by atoms with Crippen LogP contribution in [0.15, 0.2) is 42.7 Å². The van der Waals surface area contributed by atoms with Crippen LogP contribution in [0.4, 0.5) is 0 Å². The molecule has 0 bridgehead atoms. The molecule has 138 valence electrons. The lowest BCUT2D eigenvalue weighted by molar-refractivity contribution is -0.158. The molecule has 2 unspecified atom stereocenters. The van der Waals surface area contributed by atoms with Crippen LogP contribution in [-0.2, 0) is 16.1 Å².